The van der Waals surface area contributed by atoms with Crippen molar-refractivity contribution in [1.29, 1.82) is 0 Å². The molecule has 0 aliphatic heterocycles. The van der Waals surface area contributed by atoms with Crippen molar-refractivity contribution < 1.29 is 0 Å². The average molecular weight is 789 g/mol. The molecule has 0 nitrogen and oxygen atoms in total. The van der Waals surface area contributed by atoms with Gasteiger partial charge in [0, 0.05) is 10.3 Å². The van der Waals surface area contributed by atoms with Crippen LogP contribution in [-0.4, -0.2) is 20.6 Å². The standard InChI is InChI=1S/2C24H44P2/c1-21(2,3)25(22(4,5)6)17-19-15-13-14-16-20(19)18-26(23(7,8)9)24(10,11)12;1-19(2,3)23(25,20(4,5)6)17-15-13-14-16-18(17)24(26,21(7,8)9)22(10,11)12/h13-16H,17-18H2,1-12H3;13-16H,25-26H2,1-12H3. The summed E-state index contributed by atoms with van der Waals surface area (Å²) < 4.78 is 0. The van der Waals surface area contributed by atoms with Gasteiger partial charge in [-0.1, -0.05) is 231 Å². The molecule has 2 aromatic carbocycles. The first-order chi connectivity index (χ1) is 22.7. The lowest BCUT2D eigenvalue weighted by Gasteiger charge is -2.57. The summed E-state index contributed by atoms with van der Waals surface area (Å²) >= 11 is 0. The Morgan fingerprint density at radius 2 is 0.538 bits per heavy atom. The van der Waals surface area contributed by atoms with Crippen molar-refractivity contribution in [2.45, 2.75) is 209 Å². The molecule has 0 fully saturated rings. The first-order valence-corrected chi connectivity index (χ1v) is 24.2. The van der Waals surface area contributed by atoms with E-state index in [0.717, 1.165) is 0 Å². The Kier molecular flexibility index (Phi) is 16.0. The van der Waals surface area contributed by atoms with Crippen molar-refractivity contribution in [3.8, 4) is 0 Å². The van der Waals surface area contributed by atoms with Gasteiger partial charge in [-0.3, -0.25) is 0 Å². The number of hydrogen-bond donors (Lipinski definition) is 0. The zero-order valence-electron chi connectivity index (χ0n) is 39.1. The van der Waals surface area contributed by atoms with Gasteiger partial charge in [0.2, 0.25) is 0 Å². The highest BCUT2D eigenvalue weighted by Crippen LogP contribution is 2.66. The van der Waals surface area contributed by atoms with Gasteiger partial charge in [-0.25, -0.2) is 0 Å². The maximum Gasteiger partial charge on any atom is 0.0197 e. The molecule has 0 bridgehead atoms. The first-order valence-electron chi connectivity index (χ1n) is 20.0. The Morgan fingerprint density at radius 3 is 0.712 bits per heavy atom. The summed E-state index contributed by atoms with van der Waals surface area (Å²) in [5, 5.41) is 1.40. The normalized spacial score (nSPS) is 14.8. The molecule has 2 atom stereocenters. The van der Waals surface area contributed by atoms with Crippen molar-refractivity contribution in [2.75, 3.05) is 0 Å². The molecular weight excluding hydrogens is 700 g/mol. The molecule has 0 aromatic heterocycles. The lowest BCUT2D eigenvalue weighted by molar-refractivity contribution is 0.118. The van der Waals surface area contributed by atoms with Gasteiger partial charge in [0.05, 0.1) is 0 Å². The Balaban J connectivity index is 0.000000520. The lowest BCUT2D eigenvalue weighted by atomic mass is 9.56. The van der Waals surface area contributed by atoms with Crippen LogP contribution in [0.3, 0.4) is 0 Å². The molecule has 0 amide bonds. The molecule has 0 saturated heterocycles. The number of benzene rings is 2. The minimum Gasteiger partial charge on any atom is -0.125 e. The molecule has 0 spiro atoms. The van der Waals surface area contributed by atoms with E-state index in [0.29, 0.717) is 20.6 Å². The zero-order chi connectivity index (χ0) is 41.5. The largest absolute Gasteiger partial charge is 0.125 e. The monoisotopic (exact) mass is 789 g/mol. The predicted molar refractivity (Wildman–Crippen MR) is 254 cm³/mol. The second kappa shape index (κ2) is 16.6. The smallest absolute Gasteiger partial charge is 0.0197 e. The highest BCUT2D eigenvalue weighted by atomic mass is 31.1. The molecule has 0 aliphatic carbocycles. The van der Waals surface area contributed by atoms with Crippen molar-refractivity contribution in [2.24, 2.45) is 21.7 Å². The van der Waals surface area contributed by atoms with Crippen LogP contribution in [0.4, 0.5) is 0 Å². The highest BCUT2D eigenvalue weighted by Gasteiger charge is 2.55. The van der Waals surface area contributed by atoms with Crippen molar-refractivity contribution >= 4 is 34.3 Å². The first kappa shape index (κ1) is 50.2. The minimum absolute atomic E-state index is 0.0467. The quantitative estimate of drug-likeness (QED) is 0.256. The molecule has 0 radical (unpaired) electrons. The van der Waals surface area contributed by atoms with E-state index in [9.17, 15) is 0 Å². The maximum absolute atomic E-state index is 3.29. The summed E-state index contributed by atoms with van der Waals surface area (Å²) in [6, 6.07) is 18.5. The third-order valence-electron chi connectivity index (χ3n) is 11.5. The molecule has 0 heterocycles. The third kappa shape index (κ3) is 11.6. The van der Waals surface area contributed by atoms with Gasteiger partial charge in [-0.15, -0.1) is 18.5 Å². The Labute approximate surface area is 334 Å². The molecule has 0 saturated carbocycles. The second-order valence-corrected chi connectivity index (χ2v) is 33.2. The van der Waals surface area contributed by atoms with E-state index in [-0.39, 0.29) is 47.8 Å². The van der Waals surface area contributed by atoms with E-state index in [1.54, 1.807) is 11.1 Å². The lowest BCUT2D eigenvalue weighted by Crippen LogP contribution is -2.50. The van der Waals surface area contributed by atoms with Crippen LogP contribution in [0.15, 0.2) is 48.5 Å². The van der Waals surface area contributed by atoms with Crippen molar-refractivity contribution in [1.82, 2.24) is 0 Å². The minimum atomic E-state index is -0.109. The molecule has 300 valence electrons. The molecular formula is C48H88P4. The van der Waals surface area contributed by atoms with E-state index < -0.39 is 0 Å². The van der Waals surface area contributed by atoms with Gasteiger partial charge >= 0.3 is 0 Å². The van der Waals surface area contributed by atoms with Crippen LogP contribution < -0.4 is 0 Å². The van der Waals surface area contributed by atoms with Gasteiger partial charge in [-0.2, -0.15) is 0 Å². The van der Waals surface area contributed by atoms with Crippen LogP contribution >= 0.6 is 34.3 Å². The fraction of sp³-hybridized carbons (Fsp3) is 0.750. The Morgan fingerprint density at radius 1 is 0.346 bits per heavy atom. The molecule has 2 rings (SSSR count). The zero-order valence-corrected chi connectivity index (χ0v) is 43.2. The molecule has 0 N–H and O–H groups in total. The van der Waals surface area contributed by atoms with E-state index in [1.807, 2.05) is 0 Å². The van der Waals surface area contributed by atoms with Crippen LogP contribution in [0, 0.1) is 21.7 Å². The van der Waals surface area contributed by atoms with Gasteiger partial charge in [0.25, 0.3) is 0 Å². The number of hydrogen-bond acceptors (Lipinski definition) is 0. The fourth-order valence-electron chi connectivity index (χ4n) is 9.20. The second-order valence-electron chi connectivity index (χ2n) is 23.8. The van der Waals surface area contributed by atoms with Gasteiger partial charge < -0.3 is 0 Å². The van der Waals surface area contributed by atoms with Gasteiger partial charge in [0.15, 0.2) is 0 Å². The van der Waals surface area contributed by atoms with Gasteiger partial charge in [0.1, 0.15) is 0 Å². The van der Waals surface area contributed by atoms with Crippen LogP contribution in [0.2, 0.25) is 0 Å². The van der Waals surface area contributed by atoms with Crippen molar-refractivity contribution in [3.05, 3.63) is 70.8 Å². The van der Waals surface area contributed by atoms with E-state index in [4.69, 9.17) is 0 Å². The van der Waals surface area contributed by atoms with E-state index >= 15 is 0 Å². The van der Waals surface area contributed by atoms with Crippen LogP contribution in [0.1, 0.15) is 188 Å². The topological polar surface area (TPSA) is 0 Å². The summed E-state index contributed by atoms with van der Waals surface area (Å²) in [5.74, 6) is 0. The summed E-state index contributed by atoms with van der Waals surface area (Å²) in [6.45, 7) is 57.7. The number of rotatable bonds is 6. The third-order valence-corrected chi connectivity index (χ3v) is 23.4. The van der Waals surface area contributed by atoms with Crippen molar-refractivity contribution in [3.63, 3.8) is 0 Å². The summed E-state index contributed by atoms with van der Waals surface area (Å²) in [4.78, 5) is 0. The molecule has 2 unspecified atom stereocenters. The van der Waals surface area contributed by atoms with Gasteiger partial charge in [-0.05, 0) is 76.9 Å². The maximum atomic E-state index is 3.29. The summed E-state index contributed by atoms with van der Waals surface area (Å²) in [6.07, 6.45) is 2.49. The van der Waals surface area contributed by atoms with Crippen LogP contribution in [0.5, 0.6) is 0 Å². The van der Waals surface area contributed by atoms with Crippen LogP contribution in [-0.2, 0) is 22.6 Å². The SMILES string of the molecule is CC(C)(C)C(P)(c1ccccc1C(P)(C(C)(C)C)C(C)(C)C)C(C)(C)C.CC(C)(C)P(Cc1ccccc1CP(C(C)(C)C)C(C)(C)C)C(C)(C)C. The van der Waals surface area contributed by atoms with E-state index in [2.05, 4.69) is 233 Å². The fourth-order valence-corrected chi connectivity index (χ4v) is 16.9. The van der Waals surface area contributed by atoms with E-state index in [1.165, 1.54) is 23.5 Å². The Hall–Kier alpha value is 0.160. The predicted octanol–water partition coefficient (Wildman–Crippen LogP) is 16.9. The molecule has 52 heavy (non-hydrogen) atoms. The molecule has 4 heteroatoms. The average Bonchev–Trinajstić information content (AvgIpc) is 2.89. The summed E-state index contributed by atoms with van der Waals surface area (Å²) in [5.41, 5.74) is 6.55. The van der Waals surface area contributed by atoms with Crippen LogP contribution in [0.25, 0.3) is 0 Å². The Bertz CT molecular complexity index is 1260. The molecule has 0 aliphatic rings. The highest BCUT2D eigenvalue weighted by molar-refractivity contribution is 7.60. The molecule has 2 aromatic rings. The summed E-state index contributed by atoms with van der Waals surface area (Å²) in [7, 11) is 6.36.